The molecule has 0 spiro atoms. The molecule has 2 fully saturated rings. The van der Waals surface area contributed by atoms with Crippen LogP contribution in [0.2, 0.25) is 0 Å². The molecular formula is C16H19N3O5. The topological polar surface area (TPSA) is 104 Å². The molecule has 1 N–H and O–H groups in total. The molecule has 2 aliphatic rings. The Kier molecular flexibility index (Phi) is 4.37. The van der Waals surface area contributed by atoms with Crippen molar-refractivity contribution in [1.29, 1.82) is 0 Å². The molecule has 8 nitrogen and oxygen atoms in total. The van der Waals surface area contributed by atoms with Crippen LogP contribution in [0.5, 0.6) is 5.75 Å². The maximum absolute atomic E-state index is 12.6. The van der Waals surface area contributed by atoms with Crippen LogP contribution in [0.3, 0.4) is 0 Å². The lowest BCUT2D eigenvalue weighted by Gasteiger charge is -2.37. The van der Waals surface area contributed by atoms with Gasteiger partial charge in [-0.05, 0) is 31.4 Å². The molecule has 0 aliphatic carbocycles. The Morgan fingerprint density at radius 1 is 1.29 bits per heavy atom. The number of piperidine rings is 1. The minimum absolute atomic E-state index is 0.0318. The van der Waals surface area contributed by atoms with Gasteiger partial charge in [-0.25, -0.2) is 0 Å². The average Bonchev–Trinajstić information content (AvgIpc) is 3.00. The highest BCUT2D eigenvalue weighted by molar-refractivity contribution is 5.95. The van der Waals surface area contributed by atoms with Gasteiger partial charge in [-0.1, -0.05) is 0 Å². The van der Waals surface area contributed by atoms with Gasteiger partial charge in [0.05, 0.1) is 4.92 Å². The first-order valence-corrected chi connectivity index (χ1v) is 8.03. The highest BCUT2D eigenvalue weighted by atomic mass is 16.6. The summed E-state index contributed by atoms with van der Waals surface area (Å²) in [5.41, 5.74) is -0.211. The van der Waals surface area contributed by atoms with Gasteiger partial charge in [0.2, 0.25) is 5.91 Å². The number of benzene rings is 1. The number of nitro groups is 1. The zero-order chi connectivity index (χ0) is 17.3. The molecule has 2 amide bonds. The number of carbonyl (C=O) groups is 2. The zero-order valence-electron chi connectivity index (χ0n) is 13.2. The van der Waals surface area contributed by atoms with Crippen LogP contribution in [0.15, 0.2) is 18.2 Å². The number of nitro benzene ring substituents is 1. The first-order valence-electron chi connectivity index (χ1n) is 8.03. The van der Waals surface area contributed by atoms with Crippen LogP contribution >= 0.6 is 0 Å². The van der Waals surface area contributed by atoms with Crippen LogP contribution in [-0.2, 0) is 4.79 Å². The van der Waals surface area contributed by atoms with Crippen molar-refractivity contribution in [2.75, 3.05) is 19.6 Å². The van der Waals surface area contributed by atoms with E-state index in [9.17, 15) is 24.8 Å². The van der Waals surface area contributed by atoms with E-state index < -0.39 is 16.4 Å². The van der Waals surface area contributed by atoms with E-state index in [0.29, 0.717) is 19.5 Å². The lowest BCUT2D eigenvalue weighted by molar-refractivity contribution is -0.385. The number of phenolic OH excluding ortho intramolecular Hbond substituents is 1. The number of nitrogens with zero attached hydrogens (tertiary/aromatic N) is 3. The van der Waals surface area contributed by atoms with Crippen LogP contribution < -0.4 is 0 Å². The third kappa shape index (κ3) is 3.04. The van der Waals surface area contributed by atoms with Crippen molar-refractivity contribution in [3.63, 3.8) is 0 Å². The number of hydrogen-bond acceptors (Lipinski definition) is 5. The molecule has 128 valence electrons. The third-order valence-corrected chi connectivity index (χ3v) is 4.65. The zero-order valence-corrected chi connectivity index (χ0v) is 13.2. The summed E-state index contributed by atoms with van der Waals surface area (Å²) in [6.07, 6.45) is 3.11. The fourth-order valence-electron chi connectivity index (χ4n) is 3.44. The Labute approximate surface area is 138 Å². The van der Waals surface area contributed by atoms with Crippen molar-refractivity contribution < 1.29 is 19.6 Å². The molecule has 3 rings (SSSR count). The van der Waals surface area contributed by atoms with Crippen molar-refractivity contribution in [3.05, 3.63) is 33.9 Å². The number of rotatable bonds is 3. The van der Waals surface area contributed by atoms with Crippen LogP contribution in [0.25, 0.3) is 0 Å². The van der Waals surface area contributed by atoms with Crippen molar-refractivity contribution >= 4 is 17.5 Å². The van der Waals surface area contributed by atoms with Gasteiger partial charge < -0.3 is 14.9 Å². The van der Waals surface area contributed by atoms with Gasteiger partial charge in [-0.15, -0.1) is 0 Å². The smallest absolute Gasteiger partial charge is 0.310 e. The summed E-state index contributed by atoms with van der Waals surface area (Å²) < 4.78 is 0. The van der Waals surface area contributed by atoms with Gasteiger partial charge in [-0.3, -0.25) is 19.7 Å². The maximum atomic E-state index is 12.6. The molecular weight excluding hydrogens is 314 g/mol. The summed E-state index contributed by atoms with van der Waals surface area (Å²) in [7, 11) is 0. The predicted molar refractivity (Wildman–Crippen MR) is 84.6 cm³/mol. The maximum Gasteiger partial charge on any atom is 0.310 e. The number of carbonyl (C=O) groups excluding carboxylic acids is 2. The predicted octanol–water partition coefficient (Wildman–Crippen LogP) is 1.53. The molecule has 2 heterocycles. The SMILES string of the molecule is O=C(c1ccc([N+](=O)[O-])c(O)c1)N1CCC[C@@H](N2CCCC2=O)C1. The second-order valence-electron chi connectivity index (χ2n) is 6.20. The quantitative estimate of drug-likeness (QED) is 0.667. The number of amides is 2. The molecule has 0 saturated carbocycles. The van der Waals surface area contributed by atoms with Gasteiger partial charge in [0.25, 0.3) is 5.91 Å². The van der Waals surface area contributed by atoms with Crippen molar-refractivity contribution in [2.45, 2.75) is 31.7 Å². The molecule has 1 atom stereocenters. The van der Waals surface area contributed by atoms with Crippen molar-refractivity contribution in [1.82, 2.24) is 9.80 Å². The third-order valence-electron chi connectivity index (χ3n) is 4.65. The standard InChI is InChI=1S/C16H19N3O5/c20-14-9-11(5-6-13(14)19(23)24)16(22)17-7-1-3-12(10-17)18-8-2-4-15(18)21/h5-6,9,12,20H,1-4,7-8,10H2/t12-/m1/s1. The Morgan fingerprint density at radius 3 is 2.71 bits per heavy atom. The molecule has 0 bridgehead atoms. The lowest BCUT2D eigenvalue weighted by atomic mass is 10.0. The van der Waals surface area contributed by atoms with E-state index in [1.165, 1.54) is 6.07 Å². The van der Waals surface area contributed by atoms with Gasteiger partial charge in [-0.2, -0.15) is 0 Å². The number of aromatic hydroxyl groups is 1. The van der Waals surface area contributed by atoms with E-state index in [4.69, 9.17) is 0 Å². The molecule has 24 heavy (non-hydrogen) atoms. The van der Waals surface area contributed by atoms with Crippen molar-refractivity contribution in [3.8, 4) is 5.75 Å². The van der Waals surface area contributed by atoms with E-state index in [2.05, 4.69) is 0 Å². The lowest BCUT2D eigenvalue weighted by Crippen LogP contribution is -2.50. The molecule has 0 unspecified atom stereocenters. The monoisotopic (exact) mass is 333 g/mol. The average molecular weight is 333 g/mol. The van der Waals surface area contributed by atoms with Crippen LogP contribution in [0.1, 0.15) is 36.0 Å². The molecule has 0 aromatic heterocycles. The highest BCUT2D eigenvalue weighted by Crippen LogP contribution is 2.28. The molecule has 8 heteroatoms. The van der Waals surface area contributed by atoms with E-state index in [0.717, 1.165) is 37.9 Å². The fraction of sp³-hybridized carbons (Fsp3) is 0.500. The van der Waals surface area contributed by atoms with Gasteiger partial charge >= 0.3 is 5.69 Å². The van der Waals surface area contributed by atoms with E-state index in [1.807, 2.05) is 4.90 Å². The normalized spacial score (nSPS) is 21.2. The van der Waals surface area contributed by atoms with E-state index in [-0.39, 0.29) is 23.4 Å². The van der Waals surface area contributed by atoms with Gasteiger partial charge in [0.15, 0.2) is 5.75 Å². The largest absolute Gasteiger partial charge is 0.502 e. The summed E-state index contributed by atoms with van der Waals surface area (Å²) in [4.78, 5) is 38.1. The second kappa shape index (κ2) is 6.46. The summed E-state index contributed by atoms with van der Waals surface area (Å²) in [6, 6.07) is 3.65. The van der Waals surface area contributed by atoms with Crippen molar-refractivity contribution in [2.24, 2.45) is 0 Å². The molecule has 1 aromatic rings. The Hall–Kier alpha value is -2.64. The van der Waals surface area contributed by atoms with E-state index in [1.54, 1.807) is 4.90 Å². The van der Waals surface area contributed by atoms with Crippen LogP contribution in [-0.4, -0.2) is 57.3 Å². The molecule has 0 radical (unpaired) electrons. The molecule has 2 saturated heterocycles. The first-order chi connectivity index (χ1) is 11.5. The van der Waals surface area contributed by atoms with Gasteiger partial charge in [0, 0.05) is 43.7 Å². The minimum atomic E-state index is -0.695. The summed E-state index contributed by atoms with van der Waals surface area (Å²) in [6.45, 7) is 1.78. The van der Waals surface area contributed by atoms with Gasteiger partial charge in [0.1, 0.15) is 0 Å². The first kappa shape index (κ1) is 16.2. The number of phenols is 1. The second-order valence-corrected chi connectivity index (χ2v) is 6.20. The molecule has 1 aromatic carbocycles. The Morgan fingerprint density at radius 2 is 2.08 bits per heavy atom. The number of hydrogen-bond donors (Lipinski definition) is 1. The molecule has 2 aliphatic heterocycles. The highest BCUT2D eigenvalue weighted by Gasteiger charge is 2.33. The minimum Gasteiger partial charge on any atom is -0.502 e. The van der Waals surface area contributed by atoms with Crippen LogP contribution in [0, 0.1) is 10.1 Å². The van der Waals surface area contributed by atoms with E-state index >= 15 is 0 Å². The summed E-state index contributed by atoms with van der Waals surface area (Å²) in [5.74, 6) is -0.659. The fourth-order valence-corrected chi connectivity index (χ4v) is 3.44. The number of likely N-dealkylation sites (tertiary alicyclic amines) is 2. The Bertz CT molecular complexity index is 690. The summed E-state index contributed by atoms with van der Waals surface area (Å²) in [5, 5.41) is 20.4. The Balaban J connectivity index is 1.73. The van der Waals surface area contributed by atoms with Crippen LogP contribution in [0.4, 0.5) is 5.69 Å². The summed E-state index contributed by atoms with van der Waals surface area (Å²) >= 11 is 0.